The zero-order chi connectivity index (χ0) is 20.0. The minimum Gasteiger partial charge on any atom is -0.457 e. The van der Waals surface area contributed by atoms with Crippen LogP contribution in [-0.2, 0) is 29.5 Å². The highest BCUT2D eigenvalue weighted by Crippen LogP contribution is 2.08. The van der Waals surface area contributed by atoms with Gasteiger partial charge in [0.1, 0.15) is 11.4 Å². The number of ether oxygens (including phenoxy) is 1. The monoisotopic (exact) mass is 373 g/mol. The molecule has 0 spiro atoms. The molecule has 0 aliphatic carbocycles. The Labute approximate surface area is 156 Å². The molecule has 144 valence electrons. The first-order chi connectivity index (χ1) is 12.9. The number of anilines is 1. The van der Waals surface area contributed by atoms with Gasteiger partial charge in [0, 0.05) is 20.0 Å². The number of esters is 1. The van der Waals surface area contributed by atoms with Crippen molar-refractivity contribution < 1.29 is 14.3 Å². The molecule has 0 atom stereocenters. The third-order valence-corrected chi connectivity index (χ3v) is 4.13. The van der Waals surface area contributed by atoms with Crippen molar-refractivity contribution in [2.24, 2.45) is 7.05 Å². The summed E-state index contributed by atoms with van der Waals surface area (Å²) in [6.07, 6.45) is 1.20. The second kappa shape index (κ2) is 8.98. The van der Waals surface area contributed by atoms with Crippen LogP contribution in [0.25, 0.3) is 0 Å². The molecule has 27 heavy (non-hydrogen) atoms. The van der Waals surface area contributed by atoms with Gasteiger partial charge in [-0.05, 0) is 18.4 Å². The number of nitrogens with zero attached hydrogens (tertiary/aromatic N) is 2. The van der Waals surface area contributed by atoms with Crippen molar-refractivity contribution in [3.8, 4) is 0 Å². The summed E-state index contributed by atoms with van der Waals surface area (Å²) in [6.45, 7) is 1.51. The number of hydrogen-bond acceptors (Lipinski definition) is 6. The van der Waals surface area contributed by atoms with Crippen LogP contribution in [0.5, 0.6) is 0 Å². The molecule has 2 aromatic rings. The Balaban J connectivity index is 2.08. The number of benzene rings is 1. The van der Waals surface area contributed by atoms with Crippen molar-refractivity contribution in [2.45, 2.75) is 32.7 Å². The summed E-state index contributed by atoms with van der Waals surface area (Å²) in [5.41, 5.74) is 5.13. The lowest BCUT2D eigenvalue weighted by atomic mass is 10.1. The topological polar surface area (TPSA) is 113 Å². The molecule has 0 bridgehead atoms. The number of aromatic nitrogens is 2. The van der Waals surface area contributed by atoms with E-state index in [2.05, 4.69) is 0 Å². The third-order valence-electron chi connectivity index (χ3n) is 4.13. The van der Waals surface area contributed by atoms with Crippen LogP contribution in [0.4, 0.5) is 5.82 Å². The number of carbonyl (C=O) groups excluding carboxylic acids is 2. The quantitative estimate of drug-likeness (QED) is 0.543. The fourth-order valence-corrected chi connectivity index (χ4v) is 2.67. The molecule has 0 aliphatic rings. The first kappa shape index (κ1) is 20.2. The largest absolute Gasteiger partial charge is 0.457 e. The van der Waals surface area contributed by atoms with Gasteiger partial charge in [0.25, 0.3) is 5.56 Å². The molecule has 1 heterocycles. The van der Waals surface area contributed by atoms with Gasteiger partial charge in [0.05, 0.1) is 0 Å². The van der Waals surface area contributed by atoms with E-state index in [0.717, 1.165) is 10.1 Å². The van der Waals surface area contributed by atoms with Crippen LogP contribution in [-0.4, -0.2) is 27.5 Å². The predicted molar refractivity (Wildman–Crippen MR) is 101 cm³/mol. The van der Waals surface area contributed by atoms with Gasteiger partial charge in [-0.25, -0.2) is 4.79 Å². The van der Waals surface area contributed by atoms with E-state index in [0.29, 0.717) is 12.8 Å². The van der Waals surface area contributed by atoms with E-state index in [9.17, 15) is 19.2 Å². The van der Waals surface area contributed by atoms with Crippen molar-refractivity contribution in [1.82, 2.24) is 9.13 Å². The minimum atomic E-state index is -0.796. The zero-order valence-corrected chi connectivity index (χ0v) is 15.4. The fraction of sp³-hybridized carbons (Fsp3) is 0.368. The van der Waals surface area contributed by atoms with Crippen molar-refractivity contribution in [1.29, 1.82) is 0 Å². The summed E-state index contributed by atoms with van der Waals surface area (Å²) >= 11 is 0. The number of hydrogen-bond donors (Lipinski definition) is 1. The molecule has 0 saturated heterocycles. The number of aryl methyl sites for hydroxylation is 1. The number of nitrogen functional groups attached to an aromatic ring is 1. The lowest BCUT2D eigenvalue weighted by Gasteiger charge is -2.13. The normalized spacial score (nSPS) is 10.6. The molecule has 1 aromatic heterocycles. The Bertz CT molecular complexity index is 944. The molecule has 2 rings (SSSR count). The van der Waals surface area contributed by atoms with Crippen molar-refractivity contribution in [2.75, 3.05) is 12.3 Å². The fourth-order valence-electron chi connectivity index (χ4n) is 2.67. The summed E-state index contributed by atoms with van der Waals surface area (Å²) in [7, 11) is 1.28. The molecule has 0 fully saturated rings. The second-order valence-electron chi connectivity index (χ2n) is 6.13. The second-order valence-corrected chi connectivity index (χ2v) is 6.13. The van der Waals surface area contributed by atoms with E-state index in [4.69, 9.17) is 10.5 Å². The van der Waals surface area contributed by atoms with E-state index >= 15 is 0 Å². The highest BCUT2D eigenvalue weighted by atomic mass is 16.5. The lowest BCUT2D eigenvalue weighted by molar-refractivity contribution is -0.142. The van der Waals surface area contributed by atoms with Crippen LogP contribution in [0.2, 0.25) is 0 Å². The smallest absolute Gasteiger partial charge is 0.332 e. The van der Waals surface area contributed by atoms with Crippen LogP contribution >= 0.6 is 0 Å². The predicted octanol–water partition coefficient (Wildman–Crippen LogP) is 0.898. The van der Waals surface area contributed by atoms with Crippen LogP contribution < -0.4 is 17.0 Å². The van der Waals surface area contributed by atoms with Crippen LogP contribution in [0, 0.1) is 0 Å². The van der Waals surface area contributed by atoms with Crippen molar-refractivity contribution >= 4 is 17.6 Å². The van der Waals surface area contributed by atoms with Crippen LogP contribution in [0.3, 0.4) is 0 Å². The number of rotatable bonds is 8. The molecular formula is C19H23N3O5. The van der Waals surface area contributed by atoms with Gasteiger partial charge >= 0.3 is 11.7 Å². The first-order valence-corrected chi connectivity index (χ1v) is 8.68. The SMILES string of the molecule is CCCn1c(N)c(C(=O)COC(=O)CCc2ccccc2)c(=O)n(C)c1=O. The standard InChI is InChI=1S/C19H23N3O5/c1-3-11-22-17(20)16(18(25)21(2)19(22)26)14(23)12-27-15(24)10-9-13-7-5-4-6-8-13/h4-8H,3,9-12,20H2,1-2H3. The van der Waals surface area contributed by atoms with Gasteiger partial charge in [-0.1, -0.05) is 37.3 Å². The van der Waals surface area contributed by atoms with Crippen LogP contribution in [0.1, 0.15) is 35.7 Å². The van der Waals surface area contributed by atoms with E-state index in [-0.39, 0.29) is 24.3 Å². The maximum absolute atomic E-state index is 12.4. The molecule has 1 aromatic carbocycles. The summed E-state index contributed by atoms with van der Waals surface area (Å²) in [6, 6.07) is 9.39. The maximum Gasteiger partial charge on any atom is 0.332 e. The molecule has 0 saturated carbocycles. The van der Waals surface area contributed by atoms with Gasteiger partial charge in [-0.15, -0.1) is 0 Å². The Morgan fingerprint density at radius 2 is 1.81 bits per heavy atom. The molecule has 0 unspecified atom stereocenters. The zero-order valence-electron chi connectivity index (χ0n) is 15.4. The molecule has 2 N–H and O–H groups in total. The Kier molecular flexibility index (Phi) is 6.70. The van der Waals surface area contributed by atoms with Gasteiger partial charge in [0.2, 0.25) is 5.78 Å². The number of Topliss-reactive ketones (excluding diaryl/α,β-unsaturated/α-hetero) is 1. The van der Waals surface area contributed by atoms with Crippen molar-refractivity contribution in [3.63, 3.8) is 0 Å². The Morgan fingerprint density at radius 1 is 1.15 bits per heavy atom. The van der Waals surface area contributed by atoms with Gasteiger partial charge in [-0.3, -0.25) is 23.5 Å². The molecule has 0 radical (unpaired) electrons. The van der Waals surface area contributed by atoms with E-state index in [1.165, 1.54) is 11.6 Å². The number of nitrogens with two attached hydrogens (primary N) is 1. The average molecular weight is 373 g/mol. The third kappa shape index (κ3) is 4.72. The highest BCUT2D eigenvalue weighted by molar-refractivity contribution is 6.01. The van der Waals surface area contributed by atoms with Crippen molar-refractivity contribution in [3.05, 3.63) is 62.3 Å². The highest BCUT2D eigenvalue weighted by Gasteiger charge is 2.22. The summed E-state index contributed by atoms with van der Waals surface area (Å²) in [5.74, 6) is -1.48. The number of ketones is 1. The molecular weight excluding hydrogens is 350 g/mol. The van der Waals surface area contributed by atoms with E-state index in [1.54, 1.807) is 0 Å². The van der Waals surface area contributed by atoms with Crippen LogP contribution in [0.15, 0.2) is 39.9 Å². The van der Waals surface area contributed by atoms with E-state index < -0.39 is 29.6 Å². The molecule has 0 amide bonds. The minimum absolute atomic E-state index is 0.111. The number of carbonyl (C=O) groups is 2. The molecule has 0 aliphatic heterocycles. The Morgan fingerprint density at radius 3 is 2.44 bits per heavy atom. The molecule has 8 heteroatoms. The summed E-state index contributed by atoms with van der Waals surface area (Å²) in [4.78, 5) is 48.6. The average Bonchev–Trinajstić information content (AvgIpc) is 2.67. The van der Waals surface area contributed by atoms with E-state index in [1.807, 2.05) is 37.3 Å². The van der Waals surface area contributed by atoms with Gasteiger partial charge in [-0.2, -0.15) is 0 Å². The lowest BCUT2D eigenvalue weighted by Crippen LogP contribution is -2.43. The summed E-state index contributed by atoms with van der Waals surface area (Å²) < 4.78 is 6.98. The van der Waals surface area contributed by atoms with Gasteiger partial charge in [0.15, 0.2) is 6.61 Å². The Hall–Kier alpha value is -3.16. The maximum atomic E-state index is 12.4. The molecule has 8 nitrogen and oxygen atoms in total. The first-order valence-electron chi connectivity index (χ1n) is 8.68. The summed E-state index contributed by atoms with van der Waals surface area (Å²) in [5, 5.41) is 0. The van der Waals surface area contributed by atoms with Gasteiger partial charge < -0.3 is 10.5 Å².